The molecule has 12 aromatic rings. The van der Waals surface area contributed by atoms with Crippen molar-refractivity contribution in [3.63, 3.8) is 0 Å². The van der Waals surface area contributed by atoms with Crippen molar-refractivity contribution in [1.82, 2.24) is 4.57 Å². The summed E-state index contributed by atoms with van der Waals surface area (Å²) >= 11 is 0. The molecule has 2 heteroatoms. The second-order valence-electron chi connectivity index (χ2n) is 16.4. The third-order valence-electron chi connectivity index (χ3n) is 12.8. The minimum absolute atomic E-state index is 1.09. The van der Waals surface area contributed by atoms with Crippen LogP contribution in [-0.4, -0.2) is 4.57 Å². The van der Waals surface area contributed by atoms with Crippen LogP contribution in [0, 0.1) is 0 Å². The van der Waals surface area contributed by atoms with Crippen LogP contribution in [0.25, 0.3) is 93.5 Å². The van der Waals surface area contributed by atoms with Crippen LogP contribution < -0.4 is 4.90 Å². The van der Waals surface area contributed by atoms with E-state index in [-0.39, 0.29) is 0 Å². The van der Waals surface area contributed by atoms with E-state index in [1.807, 2.05) is 0 Å². The highest BCUT2D eigenvalue weighted by molar-refractivity contribution is 6.12. The molecule has 0 aliphatic carbocycles. The Morgan fingerprint density at radius 3 is 1.20 bits per heavy atom. The zero-order chi connectivity index (χ0) is 42.4. The lowest BCUT2D eigenvalue weighted by Gasteiger charge is -2.28. The molecule has 64 heavy (non-hydrogen) atoms. The van der Waals surface area contributed by atoms with Crippen LogP contribution in [0.2, 0.25) is 0 Å². The van der Waals surface area contributed by atoms with Crippen molar-refractivity contribution in [3.8, 4) is 50.2 Å². The van der Waals surface area contributed by atoms with E-state index in [1.54, 1.807) is 0 Å². The molecule has 1 heterocycles. The van der Waals surface area contributed by atoms with Crippen molar-refractivity contribution in [1.29, 1.82) is 0 Å². The van der Waals surface area contributed by atoms with Crippen LogP contribution in [0.4, 0.5) is 17.1 Å². The standard InChI is InChI=1S/C62H42N2/c1-3-17-43(18-4-1)44-31-35-47(36-32-44)63(48-37-33-46(34-38-48)50-40-39-49(45-19-5-2-6-20-45)51-21-7-8-22-52(50)51)62-42-41-54(53-23-9-10-24-55(53)62)56-25-11-14-28-59(56)64-60-29-15-12-26-57(60)58-27-13-16-30-61(58)64/h1-42H. The first-order valence-corrected chi connectivity index (χ1v) is 22.0. The molecular weight excluding hydrogens is 773 g/mol. The second-order valence-corrected chi connectivity index (χ2v) is 16.4. The lowest BCUT2D eigenvalue weighted by molar-refractivity contribution is 1.18. The number of aromatic nitrogens is 1. The summed E-state index contributed by atoms with van der Waals surface area (Å²) in [4.78, 5) is 2.42. The van der Waals surface area contributed by atoms with E-state index in [1.165, 1.54) is 87.9 Å². The minimum Gasteiger partial charge on any atom is -0.310 e. The van der Waals surface area contributed by atoms with Crippen molar-refractivity contribution >= 4 is 60.4 Å². The third kappa shape index (κ3) is 6.35. The molecule has 0 bridgehead atoms. The van der Waals surface area contributed by atoms with Gasteiger partial charge in [0.1, 0.15) is 0 Å². The predicted octanol–water partition coefficient (Wildman–Crippen LogP) is 17.2. The van der Waals surface area contributed by atoms with Gasteiger partial charge in [0.05, 0.1) is 22.4 Å². The zero-order valence-electron chi connectivity index (χ0n) is 35.1. The Labute approximate surface area is 373 Å². The van der Waals surface area contributed by atoms with Gasteiger partial charge in [0.2, 0.25) is 0 Å². The zero-order valence-corrected chi connectivity index (χ0v) is 35.1. The van der Waals surface area contributed by atoms with Crippen LogP contribution in [0.5, 0.6) is 0 Å². The van der Waals surface area contributed by atoms with Crippen LogP contribution in [0.15, 0.2) is 255 Å². The molecule has 11 aromatic carbocycles. The fourth-order valence-electron chi connectivity index (χ4n) is 9.86. The van der Waals surface area contributed by atoms with Gasteiger partial charge in [-0.05, 0) is 104 Å². The first kappa shape index (κ1) is 37.3. The molecule has 12 rings (SSSR count). The summed E-state index contributed by atoms with van der Waals surface area (Å²) in [5, 5.41) is 7.38. The molecule has 2 nitrogen and oxygen atoms in total. The molecule has 0 spiro atoms. The largest absolute Gasteiger partial charge is 0.310 e. The Hall–Kier alpha value is -8.46. The fourth-order valence-corrected chi connectivity index (χ4v) is 9.86. The molecule has 1 aromatic heterocycles. The van der Waals surface area contributed by atoms with E-state index in [2.05, 4.69) is 264 Å². The number of benzene rings is 11. The number of fused-ring (bicyclic) bond motifs is 5. The van der Waals surface area contributed by atoms with Crippen molar-refractivity contribution in [2.45, 2.75) is 0 Å². The SMILES string of the molecule is c1ccc(-c2ccc(N(c3ccc(-c4ccc(-c5ccccc5)c5ccccc45)cc3)c3ccc(-c4ccccc4-n4c5ccccc5c5ccccc54)c4ccccc34)cc2)cc1. The summed E-state index contributed by atoms with van der Waals surface area (Å²) in [6.07, 6.45) is 0. The molecule has 0 aliphatic rings. The molecule has 0 aliphatic heterocycles. The van der Waals surface area contributed by atoms with E-state index in [0.717, 1.165) is 22.7 Å². The minimum atomic E-state index is 1.09. The predicted molar refractivity (Wildman–Crippen MR) is 272 cm³/mol. The number of hydrogen-bond acceptors (Lipinski definition) is 1. The Kier molecular flexibility index (Phi) is 9.20. The van der Waals surface area contributed by atoms with E-state index < -0.39 is 0 Å². The highest BCUT2D eigenvalue weighted by Gasteiger charge is 2.21. The van der Waals surface area contributed by atoms with Gasteiger partial charge in [-0.2, -0.15) is 0 Å². The molecule has 0 unspecified atom stereocenters. The van der Waals surface area contributed by atoms with Crippen LogP contribution >= 0.6 is 0 Å². The Bertz CT molecular complexity index is 3590. The van der Waals surface area contributed by atoms with Crippen LogP contribution in [0.1, 0.15) is 0 Å². The summed E-state index contributed by atoms with van der Waals surface area (Å²) < 4.78 is 2.43. The number of anilines is 3. The Morgan fingerprint density at radius 2 is 0.625 bits per heavy atom. The lowest BCUT2D eigenvalue weighted by Crippen LogP contribution is -2.10. The summed E-state index contributed by atoms with van der Waals surface area (Å²) in [5.74, 6) is 0. The Morgan fingerprint density at radius 1 is 0.234 bits per heavy atom. The molecule has 0 amide bonds. The quantitative estimate of drug-likeness (QED) is 0.148. The van der Waals surface area contributed by atoms with Gasteiger partial charge in [-0.15, -0.1) is 0 Å². The van der Waals surface area contributed by atoms with Gasteiger partial charge in [-0.1, -0.05) is 206 Å². The highest BCUT2D eigenvalue weighted by Crippen LogP contribution is 2.45. The maximum atomic E-state index is 2.43. The average molecular weight is 815 g/mol. The van der Waals surface area contributed by atoms with E-state index in [9.17, 15) is 0 Å². The van der Waals surface area contributed by atoms with Gasteiger partial charge >= 0.3 is 0 Å². The monoisotopic (exact) mass is 814 g/mol. The van der Waals surface area contributed by atoms with Gasteiger partial charge < -0.3 is 9.47 Å². The number of rotatable bonds is 8. The normalized spacial score (nSPS) is 11.4. The van der Waals surface area contributed by atoms with Crippen molar-refractivity contribution in [2.75, 3.05) is 4.90 Å². The molecule has 0 radical (unpaired) electrons. The lowest BCUT2D eigenvalue weighted by atomic mass is 9.92. The van der Waals surface area contributed by atoms with Crippen molar-refractivity contribution in [3.05, 3.63) is 255 Å². The number of para-hydroxylation sites is 3. The van der Waals surface area contributed by atoms with Gasteiger partial charge in [-0.3, -0.25) is 0 Å². The summed E-state index contributed by atoms with van der Waals surface area (Å²) in [7, 11) is 0. The van der Waals surface area contributed by atoms with E-state index in [4.69, 9.17) is 0 Å². The van der Waals surface area contributed by atoms with Gasteiger partial charge in [0.15, 0.2) is 0 Å². The molecule has 0 fully saturated rings. The van der Waals surface area contributed by atoms with Gasteiger partial charge in [0, 0.05) is 33.1 Å². The van der Waals surface area contributed by atoms with Crippen LogP contribution in [0.3, 0.4) is 0 Å². The van der Waals surface area contributed by atoms with Gasteiger partial charge in [-0.25, -0.2) is 0 Å². The summed E-state index contributed by atoms with van der Waals surface area (Å²) in [6, 6.07) is 92.6. The second kappa shape index (κ2) is 15.8. The van der Waals surface area contributed by atoms with Crippen molar-refractivity contribution in [2.24, 2.45) is 0 Å². The summed E-state index contributed by atoms with van der Waals surface area (Å²) in [6.45, 7) is 0. The highest BCUT2D eigenvalue weighted by atomic mass is 15.1. The first-order valence-electron chi connectivity index (χ1n) is 22.0. The van der Waals surface area contributed by atoms with E-state index in [0.29, 0.717) is 0 Å². The smallest absolute Gasteiger partial charge is 0.0541 e. The first-order chi connectivity index (χ1) is 31.8. The number of hydrogen-bond donors (Lipinski definition) is 0. The van der Waals surface area contributed by atoms with Crippen molar-refractivity contribution < 1.29 is 0 Å². The maximum Gasteiger partial charge on any atom is 0.0541 e. The summed E-state index contributed by atoms with van der Waals surface area (Å²) in [5.41, 5.74) is 16.5. The van der Waals surface area contributed by atoms with Crippen LogP contribution in [-0.2, 0) is 0 Å². The number of nitrogens with zero attached hydrogens (tertiary/aromatic N) is 2. The molecular formula is C62H42N2. The third-order valence-corrected chi connectivity index (χ3v) is 12.8. The van der Waals surface area contributed by atoms with Gasteiger partial charge in [0.25, 0.3) is 0 Å². The van der Waals surface area contributed by atoms with E-state index >= 15 is 0 Å². The maximum absolute atomic E-state index is 2.43. The molecule has 0 saturated carbocycles. The fraction of sp³-hybridized carbons (Fsp3) is 0. The average Bonchev–Trinajstić information content (AvgIpc) is 3.71. The molecule has 300 valence electrons. The molecule has 0 saturated heterocycles. The molecule has 0 N–H and O–H groups in total. The molecule has 0 atom stereocenters. The Balaban J connectivity index is 1.01. The topological polar surface area (TPSA) is 8.17 Å².